The molecule has 2 aliphatic heterocycles. The number of hydrogen-bond donors (Lipinski definition) is 1. The third-order valence-corrected chi connectivity index (χ3v) is 6.29. The van der Waals surface area contributed by atoms with E-state index in [1.807, 2.05) is 0 Å². The molecule has 0 aromatic heterocycles. The molecule has 1 aromatic carbocycles. The van der Waals surface area contributed by atoms with E-state index in [1.165, 1.54) is 20.3 Å². The van der Waals surface area contributed by atoms with Gasteiger partial charge < -0.3 is 14.8 Å². The molecule has 0 amide bonds. The highest BCUT2D eigenvalue weighted by Gasteiger charge is 2.57. The second-order valence-electron chi connectivity index (χ2n) is 5.78. The topological polar surface area (TPSA) is 90.7 Å². The van der Waals surface area contributed by atoms with Crippen molar-refractivity contribution in [2.75, 3.05) is 19.5 Å². The Morgan fingerprint density at radius 3 is 2.74 bits per heavy atom. The number of nitro groups is 1. The van der Waals surface area contributed by atoms with E-state index in [9.17, 15) is 14.9 Å². The van der Waals surface area contributed by atoms with Gasteiger partial charge in [-0.05, 0) is 25.3 Å². The molecule has 1 saturated carbocycles. The molecule has 0 radical (unpaired) electrons. The Morgan fingerprint density at radius 1 is 1.48 bits per heavy atom. The number of hydrogen-bond acceptors (Lipinski definition) is 7. The number of fused-ring (bicyclic) bond motifs is 2. The van der Waals surface area contributed by atoms with Crippen molar-refractivity contribution in [3.63, 3.8) is 0 Å². The lowest BCUT2D eigenvalue weighted by molar-refractivity contribution is -0.385. The molecule has 2 heterocycles. The SMILES string of the molecule is COC(=O)C12CCC(Nc3ccc([N+](=O)[O-])c(OC)c3)C(C1)S2. The van der Waals surface area contributed by atoms with Crippen LogP contribution in [0.2, 0.25) is 0 Å². The van der Waals surface area contributed by atoms with E-state index in [1.54, 1.807) is 23.9 Å². The second kappa shape index (κ2) is 5.92. The molecule has 4 rings (SSSR count). The predicted molar refractivity (Wildman–Crippen MR) is 87.0 cm³/mol. The first-order chi connectivity index (χ1) is 11.0. The van der Waals surface area contributed by atoms with Crippen LogP contribution in [0.4, 0.5) is 11.4 Å². The Bertz CT molecular complexity index is 639. The first-order valence-corrected chi connectivity index (χ1v) is 8.22. The van der Waals surface area contributed by atoms with Gasteiger partial charge in [-0.3, -0.25) is 14.9 Å². The van der Waals surface area contributed by atoms with Crippen LogP contribution in [0.25, 0.3) is 0 Å². The molecule has 2 saturated heterocycles. The molecule has 1 aliphatic carbocycles. The van der Waals surface area contributed by atoms with Crippen molar-refractivity contribution in [2.24, 2.45) is 0 Å². The zero-order valence-corrected chi connectivity index (χ0v) is 13.7. The Kier molecular flexibility index (Phi) is 4.09. The molecule has 3 fully saturated rings. The monoisotopic (exact) mass is 338 g/mol. The van der Waals surface area contributed by atoms with Crippen LogP contribution in [0.1, 0.15) is 19.3 Å². The van der Waals surface area contributed by atoms with E-state index in [2.05, 4.69) is 5.32 Å². The number of methoxy groups -OCH3 is 2. The summed E-state index contributed by atoms with van der Waals surface area (Å²) in [6.07, 6.45) is 2.46. The number of ether oxygens (including phenoxy) is 2. The molecule has 3 aliphatic rings. The van der Waals surface area contributed by atoms with Crippen molar-refractivity contribution in [1.82, 2.24) is 0 Å². The lowest BCUT2D eigenvalue weighted by Gasteiger charge is -2.53. The van der Waals surface area contributed by atoms with Crippen molar-refractivity contribution >= 4 is 29.1 Å². The molecule has 1 aromatic rings. The number of carbonyl (C=O) groups excluding carboxylic acids is 1. The maximum atomic E-state index is 11.8. The minimum atomic E-state index is -0.463. The smallest absolute Gasteiger partial charge is 0.321 e. The highest BCUT2D eigenvalue weighted by Crippen LogP contribution is 2.57. The molecular formula is C15H18N2O5S. The summed E-state index contributed by atoms with van der Waals surface area (Å²) < 4.78 is 9.62. The number of esters is 1. The first-order valence-electron chi connectivity index (χ1n) is 7.34. The van der Waals surface area contributed by atoms with Gasteiger partial charge in [0, 0.05) is 29.1 Å². The van der Waals surface area contributed by atoms with Crippen LogP contribution < -0.4 is 10.1 Å². The van der Waals surface area contributed by atoms with Gasteiger partial charge in [0.2, 0.25) is 0 Å². The molecule has 0 spiro atoms. The fourth-order valence-electron chi connectivity index (χ4n) is 3.28. The van der Waals surface area contributed by atoms with Crippen molar-refractivity contribution in [3.05, 3.63) is 28.3 Å². The van der Waals surface area contributed by atoms with E-state index in [0.717, 1.165) is 24.9 Å². The average Bonchev–Trinajstić information content (AvgIpc) is 2.53. The Hall–Kier alpha value is -1.96. The van der Waals surface area contributed by atoms with Crippen LogP contribution in [0.5, 0.6) is 5.75 Å². The largest absolute Gasteiger partial charge is 0.490 e. The summed E-state index contributed by atoms with van der Waals surface area (Å²) in [5, 5.41) is 14.7. The minimum absolute atomic E-state index is 0.0515. The van der Waals surface area contributed by atoms with E-state index in [-0.39, 0.29) is 28.2 Å². The zero-order valence-electron chi connectivity index (χ0n) is 12.9. The van der Waals surface area contributed by atoms with Crippen LogP contribution in [-0.4, -0.2) is 41.2 Å². The van der Waals surface area contributed by atoms with Crippen LogP contribution >= 0.6 is 11.8 Å². The first kappa shape index (κ1) is 15.9. The second-order valence-corrected chi connectivity index (χ2v) is 7.40. The molecule has 3 atom stereocenters. The lowest BCUT2D eigenvalue weighted by Crippen LogP contribution is -2.58. The molecular weight excluding hydrogens is 320 g/mol. The number of anilines is 1. The number of carbonyl (C=O) groups is 1. The Morgan fingerprint density at radius 2 is 2.22 bits per heavy atom. The van der Waals surface area contributed by atoms with Gasteiger partial charge in [0.05, 0.1) is 19.1 Å². The van der Waals surface area contributed by atoms with Crippen molar-refractivity contribution in [2.45, 2.75) is 35.3 Å². The quantitative estimate of drug-likeness (QED) is 0.501. The van der Waals surface area contributed by atoms with Crippen LogP contribution in [0, 0.1) is 10.1 Å². The molecule has 23 heavy (non-hydrogen) atoms. The highest BCUT2D eigenvalue weighted by atomic mass is 32.2. The number of nitrogens with one attached hydrogen (secondary N) is 1. The van der Waals surface area contributed by atoms with Gasteiger partial charge in [-0.1, -0.05) is 0 Å². The van der Waals surface area contributed by atoms with Crippen LogP contribution in [-0.2, 0) is 9.53 Å². The zero-order chi connectivity index (χ0) is 16.6. The number of nitro benzene ring substituents is 1. The summed E-state index contributed by atoms with van der Waals surface area (Å²) >= 11 is 1.66. The molecule has 3 unspecified atom stereocenters. The summed E-state index contributed by atoms with van der Waals surface area (Å²) in [6, 6.07) is 5.00. The van der Waals surface area contributed by atoms with Crippen molar-refractivity contribution in [1.29, 1.82) is 0 Å². The normalized spacial score (nSPS) is 28.4. The van der Waals surface area contributed by atoms with Gasteiger partial charge in [0.1, 0.15) is 4.75 Å². The molecule has 7 nitrogen and oxygen atoms in total. The number of benzene rings is 1. The maximum absolute atomic E-state index is 11.8. The van der Waals surface area contributed by atoms with Gasteiger partial charge in [-0.2, -0.15) is 0 Å². The number of nitrogens with zero attached hydrogens (tertiary/aromatic N) is 1. The van der Waals surface area contributed by atoms with Crippen LogP contribution in [0.15, 0.2) is 18.2 Å². The number of rotatable bonds is 5. The summed E-state index contributed by atoms with van der Waals surface area (Å²) in [6.45, 7) is 0. The van der Waals surface area contributed by atoms with Gasteiger partial charge in [-0.25, -0.2) is 0 Å². The third-order valence-electron chi connectivity index (χ3n) is 4.50. The summed E-state index contributed by atoms with van der Waals surface area (Å²) in [5.41, 5.74) is 0.736. The highest BCUT2D eigenvalue weighted by molar-refractivity contribution is 8.03. The average molecular weight is 338 g/mol. The van der Waals surface area contributed by atoms with E-state index in [0.29, 0.717) is 5.25 Å². The lowest BCUT2D eigenvalue weighted by atomic mass is 9.83. The Labute approximate surface area is 137 Å². The summed E-state index contributed by atoms with van der Waals surface area (Å²) in [5.74, 6) is 0.107. The van der Waals surface area contributed by atoms with Gasteiger partial charge >= 0.3 is 11.7 Å². The van der Waals surface area contributed by atoms with Crippen LogP contribution in [0.3, 0.4) is 0 Å². The third kappa shape index (κ3) is 2.71. The van der Waals surface area contributed by atoms with E-state index < -0.39 is 4.92 Å². The van der Waals surface area contributed by atoms with E-state index >= 15 is 0 Å². The molecule has 1 N–H and O–H groups in total. The van der Waals surface area contributed by atoms with Gasteiger partial charge in [0.15, 0.2) is 5.75 Å². The maximum Gasteiger partial charge on any atom is 0.321 e. The standard InChI is InChI=1S/C15H18N2O5S/c1-21-12-7-9(3-4-11(12)17(19)20)16-10-5-6-15(14(18)22-2)8-13(10)23-15/h3-4,7,10,13,16H,5-6,8H2,1-2H3. The molecule has 124 valence electrons. The Balaban J connectivity index is 1.68. The molecule has 8 heteroatoms. The van der Waals surface area contributed by atoms with E-state index in [4.69, 9.17) is 9.47 Å². The summed E-state index contributed by atoms with van der Waals surface area (Å²) in [7, 11) is 2.84. The van der Waals surface area contributed by atoms with Crippen molar-refractivity contribution in [3.8, 4) is 5.75 Å². The van der Waals surface area contributed by atoms with Gasteiger partial charge in [-0.15, -0.1) is 11.8 Å². The van der Waals surface area contributed by atoms with Gasteiger partial charge in [0.25, 0.3) is 0 Å². The van der Waals surface area contributed by atoms with Crippen molar-refractivity contribution < 1.29 is 19.2 Å². The fourth-order valence-corrected chi connectivity index (χ4v) is 4.99. The molecule has 2 bridgehead atoms. The number of thioether (sulfide) groups is 1. The summed E-state index contributed by atoms with van der Waals surface area (Å²) in [4.78, 5) is 22.3. The predicted octanol–water partition coefficient (Wildman–Crippen LogP) is 2.60. The minimum Gasteiger partial charge on any atom is -0.490 e. The fraction of sp³-hybridized carbons (Fsp3) is 0.533.